The van der Waals surface area contributed by atoms with E-state index in [1.54, 1.807) is 25.4 Å². The normalized spacial score (nSPS) is 10.7. The van der Waals surface area contributed by atoms with Gasteiger partial charge in [-0.25, -0.2) is 4.39 Å². The first-order valence-corrected chi connectivity index (χ1v) is 7.00. The number of rotatable bonds is 3. The summed E-state index contributed by atoms with van der Waals surface area (Å²) in [6.45, 7) is 0. The zero-order chi connectivity index (χ0) is 15.7. The molecule has 0 saturated heterocycles. The number of hydrogen-bond donors (Lipinski definition) is 2. The molecule has 9 heteroatoms. The SMILES string of the molecule is Cn1cc(C(=O)Nc2n[nH]c(-c3ccc(Br)cc3F)n2)cn1. The van der Waals surface area contributed by atoms with E-state index in [1.165, 1.54) is 16.9 Å². The maximum absolute atomic E-state index is 13.9. The van der Waals surface area contributed by atoms with Crippen molar-refractivity contribution in [2.24, 2.45) is 7.05 Å². The summed E-state index contributed by atoms with van der Waals surface area (Å²) in [6, 6.07) is 4.58. The van der Waals surface area contributed by atoms with Crippen molar-refractivity contribution in [2.75, 3.05) is 5.32 Å². The molecule has 0 aliphatic carbocycles. The first-order chi connectivity index (χ1) is 10.5. The lowest BCUT2D eigenvalue weighted by molar-refractivity contribution is 0.102. The molecule has 7 nitrogen and oxygen atoms in total. The molecule has 0 spiro atoms. The number of anilines is 1. The predicted octanol–water partition coefficient (Wildman–Crippen LogP) is 2.36. The van der Waals surface area contributed by atoms with Crippen LogP contribution in [0.4, 0.5) is 10.3 Å². The second-order valence-electron chi connectivity index (χ2n) is 4.49. The minimum Gasteiger partial charge on any atom is -0.289 e. The fraction of sp³-hybridized carbons (Fsp3) is 0.0769. The average Bonchev–Trinajstić information content (AvgIpc) is 3.08. The van der Waals surface area contributed by atoms with E-state index in [1.807, 2.05) is 0 Å². The average molecular weight is 365 g/mol. The molecule has 2 aromatic heterocycles. The number of amides is 1. The van der Waals surface area contributed by atoms with Crippen molar-refractivity contribution < 1.29 is 9.18 Å². The number of carbonyl (C=O) groups excluding carboxylic acids is 1. The van der Waals surface area contributed by atoms with Crippen molar-refractivity contribution in [3.63, 3.8) is 0 Å². The third-order valence-electron chi connectivity index (χ3n) is 2.86. The van der Waals surface area contributed by atoms with Crippen molar-refractivity contribution in [3.05, 3.63) is 46.4 Å². The van der Waals surface area contributed by atoms with E-state index in [0.717, 1.165) is 0 Å². The van der Waals surface area contributed by atoms with Gasteiger partial charge in [-0.15, -0.1) is 5.10 Å². The number of aryl methyl sites for hydroxylation is 1. The predicted molar refractivity (Wildman–Crippen MR) is 80.6 cm³/mol. The van der Waals surface area contributed by atoms with E-state index in [0.29, 0.717) is 10.0 Å². The smallest absolute Gasteiger partial charge is 0.261 e. The van der Waals surface area contributed by atoms with Crippen LogP contribution in [0.25, 0.3) is 11.4 Å². The van der Waals surface area contributed by atoms with Gasteiger partial charge in [0.25, 0.3) is 5.91 Å². The summed E-state index contributed by atoms with van der Waals surface area (Å²) in [7, 11) is 1.71. The van der Waals surface area contributed by atoms with Crippen LogP contribution in [0, 0.1) is 5.82 Å². The van der Waals surface area contributed by atoms with Gasteiger partial charge in [0, 0.05) is 17.7 Å². The molecule has 0 radical (unpaired) electrons. The largest absolute Gasteiger partial charge is 0.289 e. The highest BCUT2D eigenvalue weighted by molar-refractivity contribution is 9.10. The van der Waals surface area contributed by atoms with Crippen LogP contribution in [0.15, 0.2) is 35.1 Å². The van der Waals surface area contributed by atoms with Crippen LogP contribution < -0.4 is 5.32 Å². The standard InChI is InChI=1S/C13H10BrFN6O/c1-21-6-7(5-16-21)12(22)18-13-17-11(19-20-13)9-3-2-8(14)4-10(9)15/h2-6H,1H3,(H2,17,18,19,20,22). The molecule has 3 aromatic rings. The highest BCUT2D eigenvalue weighted by atomic mass is 79.9. The molecule has 112 valence electrons. The van der Waals surface area contributed by atoms with Crippen LogP contribution in [0.5, 0.6) is 0 Å². The zero-order valence-electron chi connectivity index (χ0n) is 11.3. The number of H-pyrrole nitrogens is 1. The summed E-state index contributed by atoms with van der Waals surface area (Å²) < 4.78 is 16.0. The van der Waals surface area contributed by atoms with Crippen molar-refractivity contribution >= 4 is 27.8 Å². The second-order valence-corrected chi connectivity index (χ2v) is 5.40. The molecule has 0 fully saturated rings. The molecule has 0 atom stereocenters. The van der Waals surface area contributed by atoms with Crippen LogP contribution in [-0.4, -0.2) is 30.9 Å². The topological polar surface area (TPSA) is 88.5 Å². The Morgan fingerprint density at radius 1 is 1.45 bits per heavy atom. The minimum atomic E-state index is -0.448. The minimum absolute atomic E-state index is 0.0613. The van der Waals surface area contributed by atoms with Gasteiger partial charge in [-0.3, -0.25) is 19.9 Å². The summed E-state index contributed by atoms with van der Waals surface area (Å²) in [5.74, 6) is -0.553. The number of nitrogens with one attached hydrogen (secondary N) is 2. The van der Waals surface area contributed by atoms with Gasteiger partial charge in [0.05, 0.1) is 17.3 Å². The molecule has 0 bridgehead atoms. The maximum atomic E-state index is 13.9. The van der Waals surface area contributed by atoms with E-state index in [-0.39, 0.29) is 17.3 Å². The number of nitrogens with zero attached hydrogens (tertiary/aromatic N) is 4. The Kier molecular flexibility index (Phi) is 3.72. The second kappa shape index (κ2) is 5.68. The third-order valence-corrected chi connectivity index (χ3v) is 3.36. The first-order valence-electron chi connectivity index (χ1n) is 6.21. The Balaban J connectivity index is 1.80. The molecule has 0 aliphatic rings. The molecule has 0 aliphatic heterocycles. The molecule has 3 rings (SSSR count). The van der Waals surface area contributed by atoms with Crippen molar-refractivity contribution in [1.29, 1.82) is 0 Å². The van der Waals surface area contributed by atoms with E-state index in [4.69, 9.17) is 0 Å². The van der Waals surface area contributed by atoms with E-state index >= 15 is 0 Å². The number of hydrogen-bond acceptors (Lipinski definition) is 4. The van der Waals surface area contributed by atoms with Crippen molar-refractivity contribution in [1.82, 2.24) is 25.0 Å². The van der Waals surface area contributed by atoms with Gasteiger partial charge in [0.2, 0.25) is 5.95 Å². The van der Waals surface area contributed by atoms with Gasteiger partial charge in [0.1, 0.15) is 5.82 Å². The number of aromatic nitrogens is 5. The third kappa shape index (κ3) is 2.89. The van der Waals surface area contributed by atoms with Crippen LogP contribution in [0.1, 0.15) is 10.4 Å². The first kappa shape index (κ1) is 14.4. The molecule has 0 saturated carbocycles. The molecular weight excluding hydrogens is 355 g/mol. The fourth-order valence-electron chi connectivity index (χ4n) is 1.83. The Bertz CT molecular complexity index is 843. The Labute approximate surface area is 132 Å². The summed E-state index contributed by atoms with van der Waals surface area (Å²) in [5.41, 5.74) is 0.640. The van der Waals surface area contributed by atoms with Crippen molar-refractivity contribution in [2.45, 2.75) is 0 Å². The molecule has 1 amide bonds. The number of aromatic amines is 1. The Morgan fingerprint density at radius 2 is 2.27 bits per heavy atom. The summed E-state index contributed by atoms with van der Waals surface area (Å²) in [4.78, 5) is 16.0. The van der Waals surface area contributed by atoms with Crippen molar-refractivity contribution in [3.8, 4) is 11.4 Å². The highest BCUT2D eigenvalue weighted by Gasteiger charge is 2.14. The highest BCUT2D eigenvalue weighted by Crippen LogP contribution is 2.23. The van der Waals surface area contributed by atoms with E-state index < -0.39 is 11.7 Å². The molecule has 2 N–H and O–H groups in total. The molecule has 22 heavy (non-hydrogen) atoms. The monoisotopic (exact) mass is 364 g/mol. The van der Waals surface area contributed by atoms with Gasteiger partial charge in [-0.05, 0) is 18.2 Å². The lowest BCUT2D eigenvalue weighted by Gasteiger charge is -1.99. The van der Waals surface area contributed by atoms with Gasteiger partial charge in [-0.1, -0.05) is 15.9 Å². The number of carbonyl (C=O) groups is 1. The number of halogens is 2. The molecular formula is C13H10BrFN6O. The fourth-order valence-corrected chi connectivity index (χ4v) is 2.17. The lowest BCUT2D eigenvalue weighted by Crippen LogP contribution is -2.12. The Morgan fingerprint density at radius 3 is 2.95 bits per heavy atom. The number of benzene rings is 1. The quantitative estimate of drug-likeness (QED) is 0.746. The zero-order valence-corrected chi connectivity index (χ0v) is 12.9. The summed E-state index contributed by atoms with van der Waals surface area (Å²) >= 11 is 3.18. The van der Waals surface area contributed by atoms with Gasteiger partial charge in [-0.2, -0.15) is 10.1 Å². The van der Waals surface area contributed by atoms with Crippen LogP contribution in [0.3, 0.4) is 0 Å². The molecule has 2 heterocycles. The van der Waals surface area contributed by atoms with Gasteiger partial charge in [0.15, 0.2) is 5.82 Å². The molecule has 1 aromatic carbocycles. The van der Waals surface area contributed by atoms with E-state index in [9.17, 15) is 9.18 Å². The summed E-state index contributed by atoms with van der Waals surface area (Å²) in [6.07, 6.45) is 2.99. The van der Waals surface area contributed by atoms with Gasteiger partial charge < -0.3 is 0 Å². The van der Waals surface area contributed by atoms with Gasteiger partial charge >= 0.3 is 0 Å². The molecule has 0 unspecified atom stereocenters. The maximum Gasteiger partial charge on any atom is 0.261 e. The van der Waals surface area contributed by atoms with E-state index in [2.05, 4.69) is 41.5 Å². The van der Waals surface area contributed by atoms with Crippen LogP contribution in [-0.2, 0) is 7.05 Å². The summed E-state index contributed by atoms with van der Waals surface area (Å²) in [5, 5.41) is 12.9. The lowest BCUT2D eigenvalue weighted by atomic mass is 10.2. The van der Waals surface area contributed by atoms with Crippen LogP contribution >= 0.6 is 15.9 Å². The van der Waals surface area contributed by atoms with Crippen LogP contribution in [0.2, 0.25) is 0 Å². The Hall–Kier alpha value is -2.55.